The van der Waals surface area contributed by atoms with E-state index in [1.807, 2.05) is 0 Å². The van der Waals surface area contributed by atoms with Crippen LogP contribution in [0.1, 0.15) is 28.8 Å². The lowest BCUT2D eigenvalue weighted by atomic mass is 10.1. The Bertz CT molecular complexity index is 1000. The van der Waals surface area contributed by atoms with Crippen LogP contribution in [0.25, 0.3) is 6.08 Å². The van der Waals surface area contributed by atoms with Gasteiger partial charge in [0.1, 0.15) is 16.5 Å². The minimum absolute atomic E-state index is 0.0118. The molecule has 0 aliphatic heterocycles. The number of benzene rings is 2. The lowest BCUT2D eigenvalue weighted by Crippen LogP contribution is -2.14. The van der Waals surface area contributed by atoms with Gasteiger partial charge in [0.25, 0.3) is 0 Å². The predicted molar refractivity (Wildman–Crippen MR) is 99.9 cm³/mol. The average molecular weight is 407 g/mol. The Morgan fingerprint density at radius 1 is 1.14 bits per heavy atom. The summed E-state index contributed by atoms with van der Waals surface area (Å²) in [4.78, 5) is 22.0. The number of sulfonamides is 1. The first-order valence-electron chi connectivity index (χ1n) is 8.16. The fourth-order valence-corrected chi connectivity index (χ4v) is 2.88. The smallest absolute Gasteiger partial charge is 0.303 e. The summed E-state index contributed by atoms with van der Waals surface area (Å²) in [7, 11) is -4.21. The molecule has 0 fully saturated rings. The predicted octanol–water partition coefficient (Wildman–Crippen LogP) is 2.61. The van der Waals surface area contributed by atoms with Gasteiger partial charge in [-0.05, 0) is 54.5 Å². The summed E-state index contributed by atoms with van der Waals surface area (Å²) < 4.78 is 41.6. The number of carbonyl (C=O) groups excluding carboxylic acids is 1. The summed E-state index contributed by atoms with van der Waals surface area (Å²) in [5.41, 5.74) is 0.667. The van der Waals surface area contributed by atoms with Gasteiger partial charge >= 0.3 is 5.97 Å². The van der Waals surface area contributed by atoms with Gasteiger partial charge in [-0.25, -0.2) is 17.9 Å². The van der Waals surface area contributed by atoms with Crippen LogP contribution in [0.2, 0.25) is 0 Å². The average Bonchev–Trinajstić information content (AvgIpc) is 2.63. The molecule has 3 N–H and O–H groups in total. The number of ketones is 1. The molecule has 0 aliphatic carbocycles. The van der Waals surface area contributed by atoms with Crippen LogP contribution >= 0.6 is 0 Å². The summed E-state index contributed by atoms with van der Waals surface area (Å²) in [6.07, 6.45) is 2.96. The van der Waals surface area contributed by atoms with E-state index in [-0.39, 0.29) is 18.8 Å². The Hall–Kier alpha value is -3.04. The lowest BCUT2D eigenvalue weighted by Gasteiger charge is -2.05. The second-order valence-electron chi connectivity index (χ2n) is 5.80. The molecule has 0 saturated carbocycles. The van der Waals surface area contributed by atoms with Gasteiger partial charge < -0.3 is 9.84 Å². The zero-order valence-corrected chi connectivity index (χ0v) is 15.5. The maximum absolute atomic E-state index is 13.5. The number of hydrogen-bond donors (Lipinski definition) is 2. The molecule has 0 saturated heterocycles. The number of aliphatic carboxylic acids is 1. The lowest BCUT2D eigenvalue weighted by molar-refractivity contribution is -0.137. The summed E-state index contributed by atoms with van der Waals surface area (Å²) in [6, 6.07) is 9.57. The Morgan fingerprint density at radius 2 is 1.82 bits per heavy atom. The van der Waals surface area contributed by atoms with Crippen LogP contribution in [0, 0.1) is 5.82 Å². The molecular formula is C19H18FNO6S. The van der Waals surface area contributed by atoms with E-state index in [4.69, 9.17) is 15.0 Å². The molecule has 0 unspecified atom stereocenters. The van der Waals surface area contributed by atoms with Crippen molar-refractivity contribution in [2.45, 2.75) is 17.7 Å². The van der Waals surface area contributed by atoms with E-state index in [0.29, 0.717) is 23.3 Å². The molecule has 0 radical (unpaired) electrons. The van der Waals surface area contributed by atoms with Crippen molar-refractivity contribution in [3.63, 3.8) is 0 Å². The summed E-state index contributed by atoms with van der Waals surface area (Å²) in [5.74, 6) is -1.71. The highest BCUT2D eigenvalue weighted by molar-refractivity contribution is 7.89. The second kappa shape index (κ2) is 9.25. The number of halogens is 1. The van der Waals surface area contributed by atoms with Crippen LogP contribution in [0.4, 0.5) is 4.39 Å². The van der Waals surface area contributed by atoms with Crippen molar-refractivity contribution < 1.29 is 32.2 Å². The first-order chi connectivity index (χ1) is 13.2. The Labute approximate surface area is 161 Å². The number of carbonyl (C=O) groups is 2. The van der Waals surface area contributed by atoms with Gasteiger partial charge in [-0.1, -0.05) is 12.1 Å². The third-order valence-corrected chi connectivity index (χ3v) is 4.56. The SMILES string of the molecule is NS(=O)(=O)c1cc(/C=C/C(=O)c2ccc(OCCCC(=O)O)cc2)ccc1F. The number of nitrogens with two attached hydrogens (primary N) is 1. The third kappa shape index (κ3) is 6.29. The molecule has 7 nitrogen and oxygen atoms in total. The topological polar surface area (TPSA) is 124 Å². The van der Waals surface area contributed by atoms with E-state index >= 15 is 0 Å². The maximum atomic E-state index is 13.5. The van der Waals surface area contributed by atoms with Crippen molar-refractivity contribution in [3.05, 3.63) is 65.5 Å². The summed E-state index contributed by atoms with van der Waals surface area (Å²) in [6.45, 7) is 0.246. The molecule has 9 heteroatoms. The van der Waals surface area contributed by atoms with Gasteiger partial charge in [-0.2, -0.15) is 0 Å². The molecule has 0 amide bonds. The van der Waals surface area contributed by atoms with Crippen LogP contribution in [-0.2, 0) is 14.8 Å². The Balaban J connectivity index is 2.02. The van der Waals surface area contributed by atoms with E-state index in [1.54, 1.807) is 24.3 Å². The first-order valence-corrected chi connectivity index (χ1v) is 9.71. The molecule has 148 valence electrons. The van der Waals surface area contributed by atoms with E-state index in [9.17, 15) is 22.4 Å². The minimum Gasteiger partial charge on any atom is -0.494 e. The fourth-order valence-electron chi connectivity index (χ4n) is 2.24. The summed E-state index contributed by atoms with van der Waals surface area (Å²) in [5, 5.41) is 13.5. The molecule has 0 aliphatic rings. The van der Waals surface area contributed by atoms with Crippen molar-refractivity contribution in [2.24, 2.45) is 5.14 Å². The molecule has 0 spiro atoms. The number of ether oxygens (including phenoxy) is 1. The van der Waals surface area contributed by atoms with Crippen molar-refractivity contribution >= 4 is 27.9 Å². The normalized spacial score (nSPS) is 11.5. The van der Waals surface area contributed by atoms with E-state index in [0.717, 1.165) is 12.1 Å². The van der Waals surface area contributed by atoms with Gasteiger partial charge in [0.05, 0.1) is 6.61 Å². The molecule has 0 aromatic heterocycles. The number of carboxylic acid groups (broad SMARTS) is 1. The molecule has 0 atom stereocenters. The van der Waals surface area contributed by atoms with Crippen LogP contribution in [0.5, 0.6) is 5.75 Å². The molecule has 0 heterocycles. The quantitative estimate of drug-likeness (QED) is 0.374. The molecule has 2 aromatic carbocycles. The number of primary sulfonamides is 1. The number of rotatable bonds is 9. The van der Waals surface area contributed by atoms with E-state index in [1.165, 1.54) is 18.2 Å². The van der Waals surface area contributed by atoms with Gasteiger partial charge in [-0.15, -0.1) is 0 Å². The first kappa shape index (κ1) is 21.3. The highest BCUT2D eigenvalue weighted by Gasteiger charge is 2.14. The van der Waals surface area contributed by atoms with Gasteiger partial charge in [0.2, 0.25) is 10.0 Å². The van der Waals surface area contributed by atoms with Crippen molar-refractivity contribution in [3.8, 4) is 5.75 Å². The monoisotopic (exact) mass is 407 g/mol. The Morgan fingerprint density at radius 3 is 2.43 bits per heavy atom. The molecule has 2 rings (SSSR count). The molecule has 2 aromatic rings. The summed E-state index contributed by atoms with van der Waals surface area (Å²) >= 11 is 0. The number of carboxylic acids is 1. The van der Waals surface area contributed by atoms with Crippen molar-refractivity contribution in [1.29, 1.82) is 0 Å². The number of hydrogen-bond acceptors (Lipinski definition) is 5. The van der Waals surface area contributed by atoms with Crippen molar-refractivity contribution in [2.75, 3.05) is 6.61 Å². The fraction of sp³-hybridized carbons (Fsp3) is 0.158. The van der Waals surface area contributed by atoms with Crippen LogP contribution in [-0.4, -0.2) is 31.9 Å². The van der Waals surface area contributed by atoms with E-state index in [2.05, 4.69) is 0 Å². The maximum Gasteiger partial charge on any atom is 0.303 e. The van der Waals surface area contributed by atoms with Crippen LogP contribution in [0.15, 0.2) is 53.4 Å². The zero-order valence-electron chi connectivity index (χ0n) is 14.7. The van der Waals surface area contributed by atoms with Crippen LogP contribution < -0.4 is 9.88 Å². The van der Waals surface area contributed by atoms with Gasteiger partial charge in [0, 0.05) is 12.0 Å². The zero-order chi connectivity index (χ0) is 20.7. The Kier molecular flexibility index (Phi) is 7.02. The molecule has 0 bridgehead atoms. The molecular weight excluding hydrogens is 389 g/mol. The molecule has 28 heavy (non-hydrogen) atoms. The second-order valence-corrected chi connectivity index (χ2v) is 7.33. The van der Waals surface area contributed by atoms with E-state index < -0.39 is 26.7 Å². The third-order valence-electron chi connectivity index (χ3n) is 3.63. The van der Waals surface area contributed by atoms with Crippen molar-refractivity contribution in [1.82, 2.24) is 0 Å². The highest BCUT2D eigenvalue weighted by Crippen LogP contribution is 2.17. The largest absolute Gasteiger partial charge is 0.494 e. The number of allylic oxidation sites excluding steroid dienone is 1. The van der Waals surface area contributed by atoms with Gasteiger partial charge in [-0.3, -0.25) is 9.59 Å². The highest BCUT2D eigenvalue weighted by atomic mass is 32.2. The standard InChI is InChI=1S/C19H18FNO6S/c20-16-9-3-13(12-18(16)28(21,25)26)4-10-17(22)14-5-7-15(8-6-14)27-11-1-2-19(23)24/h3-10,12H,1-2,11H2,(H,23,24)(H2,21,25,26)/b10-4+. The van der Waals surface area contributed by atoms with Gasteiger partial charge in [0.15, 0.2) is 5.78 Å². The minimum atomic E-state index is -4.21. The van der Waals surface area contributed by atoms with Crippen LogP contribution in [0.3, 0.4) is 0 Å².